The molecule has 7 heteroatoms. The molecule has 0 saturated heterocycles. The van der Waals surface area contributed by atoms with E-state index >= 15 is 0 Å². The van der Waals surface area contributed by atoms with E-state index < -0.39 is 5.54 Å². The maximum Gasteiger partial charge on any atom is 0.223 e. The lowest BCUT2D eigenvalue weighted by Gasteiger charge is -2.24. The van der Waals surface area contributed by atoms with Crippen molar-refractivity contribution in [1.82, 2.24) is 9.97 Å². The van der Waals surface area contributed by atoms with E-state index in [2.05, 4.69) is 20.0 Å². The number of ether oxygens (including phenoxy) is 1. The number of rotatable bonds is 5. The van der Waals surface area contributed by atoms with Crippen LogP contribution in [0.25, 0.3) is 21.2 Å². The lowest BCUT2D eigenvalue weighted by Crippen LogP contribution is -2.18. The fourth-order valence-corrected chi connectivity index (χ4v) is 2.52. The SMILES string of the molecule is CC[C@@](C)(N=[N+]=[N-])c1cnc(OC2CC2)c2cnc(Cl)cc12. The number of hydrogen-bond donors (Lipinski definition) is 0. The zero-order valence-corrected chi connectivity index (χ0v) is 13.2. The van der Waals surface area contributed by atoms with Gasteiger partial charge in [-0.15, -0.1) is 0 Å². The number of fused-ring (bicyclic) bond motifs is 1. The molecule has 0 amide bonds. The van der Waals surface area contributed by atoms with Gasteiger partial charge in [0.2, 0.25) is 5.88 Å². The first kappa shape index (κ1) is 14.9. The highest BCUT2D eigenvalue weighted by atomic mass is 35.5. The number of nitrogens with zero attached hydrogens (tertiary/aromatic N) is 5. The van der Waals surface area contributed by atoms with Gasteiger partial charge in [0.05, 0.1) is 10.9 Å². The van der Waals surface area contributed by atoms with Crippen molar-refractivity contribution < 1.29 is 4.74 Å². The van der Waals surface area contributed by atoms with E-state index in [1.165, 1.54) is 0 Å². The van der Waals surface area contributed by atoms with Gasteiger partial charge in [0.15, 0.2) is 0 Å². The molecular weight excluding hydrogens is 302 g/mol. The van der Waals surface area contributed by atoms with Crippen LogP contribution >= 0.6 is 11.6 Å². The van der Waals surface area contributed by atoms with Crippen LogP contribution in [0.5, 0.6) is 5.88 Å². The van der Waals surface area contributed by atoms with E-state index in [1.807, 2.05) is 13.8 Å². The summed E-state index contributed by atoms with van der Waals surface area (Å²) in [4.78, 5) is 11.5. The summed E-state index contributed by atoms with van der Waals surface area (Å²) in [7, 11) is 0. The molecule has 0 N–H and O–H groups in total. The fourth-order valence-electron chi connectivity index (χ4n) is 2.37. The van der Waals surface area contributed by atoms with Crippen LogP contribution in [0.15, 0.2) is 23.6 Å². The molecule has 0 aromatic carbocycles. The Morgan fingerprint density at radius 1 is 1.41 bits per heavy atom. The van der Waals surface area contributed by atoms with Gasteiger partial charge in [-0.25, -0.2) is 9.97 Å². The first-order chi connectivity index (χ1) is 10.6. The first-order valence-electron chi connectivity index (χ1n) is 7.25. The van der Waals surface area contributed by atoms with Gasteiger partial charge in [-0.3, -0.25) is 0 Å². The Morgan fingerprint density at radius 3 is 2.82 bits per heavy atom. The van der Waals surface area contributed by atoms with Gasteiger partial charge >= 0.3 is 0 Å². The average Bonchev–Trinajstić information content (AvgIpc) is 3.31. The molecule has 1 fully saturated rings. The molecule has 0 unspecified atom stereocenters. The van der Waals surface area contributed by atoms with Crippen molar-refractivity contribution in [2.24, 2.45) is 5.11 Å². The molecule has 0 spiro atoms. The second kappa shape index (κ2) is 5.63. The van der Waals surface area contributed by atoms with E-state index in [1.54, 1.807) is 18.5 Å². The van der Waals surface area contributed by atoms with Crippen molar-refractivity contribution in [2.75, 3.05) is 0 Å². The third-order valence-corrected chi connectivity index (χ3v) is 4.25. The molecule has 1 atom stereocenters. The van der Waals surface area contributed by atoms with Crippen LogP contribution in [0.3, 0.4) is 0 Å². The molecule has 22 heavy (non-hydrogen) atoms. The van der Waals surface area contributed by atoms with E-state index in [-0.39, 0.29) is 6.10 Å². The predicted octanol–water partition coefficient (Wildman–Crippen LogP) is 4.76. The maximum atomic E-state index is 8.88. The van der Waals surface area contributed by atoms with Crippen molar-refractivity contribution in [3.8, 4) is 5.88 Å². The minimum Gasteiger partial charge on any atom is -0.474 e. The average molecular weight is 318 g/mol. The number of halogens is 1. The first-order valence-corrected chi connectivity index (χ1v) is 7.63. The van der Waals surface area contributed by atoms with Crippen LogP contribution in [0.1, 0.15) is 38.7 Å². The maximum absolute atomic E-state index is 8.88. The molecule has 0 radical (unpaired) electrons. The predicted molar refractivity (Wildman–Crippen MR) is 85.0 cm³/mol. The van der Waals surface area contributed by atoms with E-state index in [0.717, 1.165) is 29.2 Å². The standard InChI is InChI=1S/C15H16ClN5O/c1-3-15(2,20-21-17)12-8-19-14(22-9-4-5-9)11-7-18-13(16)6-10(11)12/h6-9H,3-5H2,1-2H3/t15-/m1/s1. The highest BCUT2D eigenvalue weighted by Crippen LogP contribution is 2.38. The Kier molecular flexibility index (Phi) is 3.81. The molecular formula is C15H16ClN5O. The summed E-state index contributed by atoms with van der Waals surface area (Å²) in [6.45, 7) is 3.86. The van der Waals surface area contributed by atoms with Crippen molar-refractivity contribution in [3.05, 3.63) is 39.6 Å². The molecule has 1 saturated carbocycles. The van der Waals surface area contributed by atoms with Gasteiger partial charge in [-0.05, 0) is 48.7 Å². The van der Waals surface area contributed by atoms with E-state index in [9.17, 15) is 0 Å². The minimum atomic E-state index is -0.692. The Labute approximate surface area is 133 Å². The Morgan fingerprint density at radius 2 is 2.18 bits per heavy atom. The Hall–Kier alpha value is -2.04. The summed E-state index contributed by atoms with van der Waals surface area (Å²) in [5, 5.41) is 6.01. The molecule has 1 aliphatic carbocycles. The van der Waals surface area contributed by atoms with E-state index in [0.29, 0.717) is 17.5 Å². The molecule has 0 aliphatic heterocycles. The largest absolute Gasteiger partial charge is 0.474 e. The van der Waals surface area contributed by atoms with Crippen LogP contribution in [0, 0.1) is 0 Å². The normalized spacial score (nSPS) is 16.9. The summed E-state index contributed by atoms with van der Waals surface area (Å²) in [5.41, 5.74) is 9.01. The van der Waals surface area contributed by atoms with Crippen LogP contribution in [0.4, 0.5) is 0 Å². The van der Waals surface area contributed by atoms with Gasteiger partial charge in [-0.2, -0.15) is 0 Å². The quantitative estimate of drug-likeness (QED) is 0.345. The highest BCUT2D eigenvalue weighted by Gasteiger charge is 2.29. The van der Waals surface area contributed by atoms with Gasteiger partial charge in [0.25, 0.3) is 0 Å². The van der Waals surface area contributed by atoms with Crippen molar-refractivity contribution in [1.29, 1.82) is 0 Å². The van der Waals surface area contributed by atoms with Crippen molar-refractivity contribution >= 4 is 22.4 Å². The van der Waals surface area contributed by atoms with Gasteiger partial charge in [-0.1, -0.05) is 23.6 Å². The third kappa shape index (κ3) is 2.67. The molecule has 2 heterocycles. The fraction of sp³-hybridized carbons (Fsp3) is 0.467. The number of aromatic nitrogens is 2. The molecule has 114 valence electrons. The topological polar surface area (TPSA) is 83.8 Å². The second-order valence-electron chi connectivity index (χ2n) is 5.66. The van der Waals surface area contributed by atoms with Crippen molar-refractivity contribution in [3.63, 3.8) is 0 Å². The summed E-state index contributed by atoms with van der Waals surface area (Å²) in [5.74, 6) is 0.560. The van der Waals surface area contributed by atoms with Crippen molar-refractivity contribution in [2.45, 2.75) is 44.8 Å². The van der Waals surface area contributed by atoms with Crippen LogP contribution in [-0.2, 0) is 5.54 Å². The van der Waals surface area contributed by atoms with Crippen LogP contribution in [0.2, 0.25) is 5.15 Å². The highest BCUT2D eigenvalue weighted by molar-refractivity contribution is 6.30. The lowest BCUT2D eigenvalue weighted by atomic mass is 9.88. The van der Waals surface area contributed by atoms with Gasteiger partial charge in [0, 0.05) is 17.3 Å². The smallest absolute Gasteiger partial charge is 0.223 e. The molecule has 0 bridgehead atoms. The summed E-state index contributed by atoms with van der Waals surface area (Å²) < 4.78 is 5.84. The summed E-state index contributed by atoms with van der Waals surface area (Å²) >= 11 is 6.06. The Balaban J connectivity index is 2.22. The van der Waals surface area contributed by atoms with Gasteiger partial charge < -0.3 is 4.74 Å². The van der Waals surface area contributed by atoms with Crippen LogP contribution in [-0.4, -0.2) is 16.1 Å². The molecule has 2 aromatic heterocycles. The second-order valence-corrected chi connectivity index (χ2v) is 6.05. The summed E-state index contributed by atoms with van der Waals surface area (Å²) in [6.07, 6.45) is 6.38. The monoisotopic (exact) mass is 317 g/mol. The number of pyridine rings is 2. The molecule has 1 aliphatic rings. The van der Waals surface area contributed by atoms with Gasteiger partial charge in [0.1, 0.15) is 11.3 Å². The lowest BCUT2D eigenvalue weighted by molar-refractivity contribution is 0.294. The molecule has 2 aromatic rings. The zero-order chi connectivity index (χ0) is 15.7. The zero-order valence-electron chi connectivity index (χ0n) is 12.5. The molecule has 6 nitrogen and oxygen atoms in total. The number of azide groups is 1. The van der Waals surface area contributed by atoms with E-state index in [4.69, 9.17) is 21.9 Å². The summed E-state index contributed by atoms with van der Waals surface area (Å²) in [6, 6.07) is 1.77. The minimum absolute atomic E-state index is 0.243. The Bertz CT molecular complexity index is 770. The molecule has 3 rings (SSSR count). The van der Waals surface area contributed by atoms with Crippen LogP contribution < -0.4 is 4.74 Å². The number of hydrogen-bond acceptors (Lipinski definition) is 4. The third-order valence-electron chi connectivity index (χ3n) is 4.04.